The number of aromatic hydroxyl groups is 2. The van der Waals surface area contributed by atoms with Crippen LogP contribution in [0.25, 0.3) is 0 Å². The van der Waals surface area contributed by atoms with Crippen LogP contribution in [0.1, 0.15) is 23.3 Å². The van der Waals surface area contributed by atoms with E-state index in [1.54, 1.807) is 24.3 Å². The number of hydrogen-bond donors (Lipinski definition) is 7. The van der Waals surface area contributed by atoms with Gasteiger partial charge in [0.15, 0.2) is 29.3 Å². The number of benzene rings is 2. The summed E-state index contributed by atoms with van der Waals surface area (Å²) in [6.07, 6.45) is -9.03. The van der Waals surface area contributed by atoms with E-state index in [4.69, 9.17) is 33.2 Å². The summed E-state index contributed by atoms with van der Waals surface area (Å²) in [6, 6.07) is 6.22. The molecule has 0 saturated carbocycles. The second-order valence-corrected chi connectivity index (χ2v) is 10.1. The molecular formula is C28H38O14. The van der Waals surface area contributed by atoms with Crippen molar-refractivity contribution in [2.75, 3.05) is 48.3 Å². The van der Waals surface area contributed by atoms with E-state index in [1.807, 2.05) is 0 Å². The Morgan fingerprint density at radius 1 is 0.619 bits per heavy atom. The van der Waals surface area contributed by atoms with Crippen LogP contribution >= 0.6 is 0 Å². The van der Waals surface area contributed by atoms with Gasteiger partial charge in [-0.3, -0.25) is 0 Å². The molecule has 2 heterocycles. The molecule has 0 aromatic heterocycles. The van der Waals surface area contributed by atoms with Crippen molar-refractivity contribution < 1.29 is 68.9 Å². The number of rotatable bonds is 11. The molecule has 2 fully saturated rings. The Bertz CT molecular complexity index is 1160. The van der Waals surface area contributed by atoms with E-state index in [0.717, 1.165) is 0 Å². The summed E-state index contributed by atoms with van der Waals surface area (Å²) in [6.45, 7) is -1.20. The summed E-state index contributed by atoms with van der Waals surface area (Å²) in [5, 5.41) is 71.9. The third-order valence-corrected chi connectivity index (χ3v) is 7.79. The number of phenolic OH excluding ortho intramolecular Hbond substituents is 2. The highest BCUT2D eigenvalue weighted by Crippen LogP contribution is 2.53. The highest BCUT2D eigenvalue weighted by molar-refractivity contribution is 5.55. The molecule has 2 aliphatic heterocycles. The molecule has 2 aliphatic rings. The van der Waals surface area contributed by atoms with Crippen molar-refractivity contribution in [1.82, 2.24) is 0 Å². The Labute approximate surface area is 242 Å². The molecule has 0 amide bonds. The van der Waals surface area contributed by atoms with Crippen molar-refractivity contribution in [3.05, 3.63) is 35.4 Å². The van der Waals surface area contributed by atoms with Crippen molar-refractivity contribution in [1.29, 1.82) is 0 Å². The van der Waals surface area contributed by atoms with Crippen LogP contribution in [0.5, 0.6) is 34.5 Å². The van der Waals surface area contributed by atoms with Gasteiger partial charge in [-0.15, -0.1) is 0 Å². The lowest BCUT2D eigenvalue weighted by atomic mass is 9.83. The summed E-state index contributed by atoms with van der Waals surface area (Å²) in [5.74, 6) is -1.27. The molecule has 0 spiro atoms. The lowest BCUT2D eigenvalue weighted by Crippen LogP contribution is -2.59. The number of aliphatic hydroxyl groups is 5. The van der Waals surface area contributed by atoms with Crippen molar-refractivity contribution in [2.45, 2.75) is 42.9 Å². The van der Waals surface area contributed by atoms with E-state index in [-0.39, 0.29) is 47.7 Å². The number of aliphatic hydroxyl groups excluding tert-OH is 5. The Kier molecular flexibility index (Phi) is 10.2. The molecule has 0 aliphatic carbocycles. The van der Waals surface area contributed by atoms with Gasteiger partial charge in [0, 0.05) is 18.4 Å². The third kappa shape index (κ3) is 5.89. The minimum Gasteiger partial charge on any atom is -0.502 e. The van der Waals surface area contributed by atoms with E-state index in [1.165, 1.54) is 28.4 Å². The van der Waals surface area contributed by atoms with Crippen LogP contribution in [0.15, 0.2) is 24.3 Å². The molecule has 4 rings (SSSR count). The molecule has 4 unspecified atom stereocenters. The van der Waals surface area contributed by atoms with Gasteiger partial charge in [-0.05, 0) is 35.4 Å². The van der Waals surface area contributed by atoms with Gasteiger partial charge in [0.1, 0.15) is 24.4 Å². The molecule has 9 atom stereocenters. The fourth-order valence-corrected chi connectivity index (χ4v) is 5.47. The minimum atomic E-state index is -1.64. The SMILES string of the molecule is COc1cc(C2OC(c3cc(OC)c(O)c(OC)c3)C(CO[C@@H]3O[C@H](CO)[C@@H](O)[C@H](O)[C@H]3O)C2CO)cc(OC)c1O. The molecule has 2 aromatic rings. The van der Waals surface area contributed by atoms with Gasteiger partial charge >= 0.3 is 0 Å². The predicted molar refractivity (Wildman–Crippen MR) is 143 cm³/mol. The monoisotopic (exact) mass is 598 g/mol. The van der Waals surface area contributed by atoms with E-state index < -0.39 is 61.4 Å². The number of methoxy groups -OCH3 is 4. The van der Waals surface area contributed by atoms with E-state index >= 15 is 0 Å². The van der Waals surface area contributed by atoms with Gasteiger partial charge in [0.05, 0.1) is 53.9 Å². The quantitative estimate of drug-likeness (QED) is 0.182. The number of phenols is 2. The first-order chi connectivity index (χ1) is 20.1. The highest BCUT2D eigenvalue weighted by atomic mass is 16.7. The van der Waals surface area contributed by atoms with Crippen LogP contribution in [0.2, 0.25) is 0 Å². The molecule has 14 heteroatoms. The van der Waals surface area contributed by atoms with Crippen molar-refractivity contribution in [2.24, 2.45) is 11.8 Å². The largest absolute Gasteiger partial charge is 0.502 e. The molecule has 42 heavy (non-hydrogen) atoms. The van der Waals surface area contributed by atoms with Crippen LogP contribution < -0.4 is 18.9 Å². The van der Waals surface area contributed by atoms with Crippen LogP contribution in [0, 0.1) is 11.8 Å². The van der Waals surface area contributed by atoms with Crippen molar-refractivity contribution in [3.8, 4) is 34.5 Å². The second-order valence-electron chi connectivity index (χ2n) is 10.1. The first-order valence-electron chi connectivity index (χ1n) is 13.2. The average Bonchev–Trinajstić information content (AvgIpc) is 3.38. The summed E-state index contributed by atoms with van der Waals surface area (Å²) < 4.78 is 39.2. The van der Waals surface area contributed by atoms with E-state index in [2.05, 4.69) is 0 Å². The lowest BCUT2D eigenvalue weighted by Gasteiger charge is -2.40. The van der Waals surface area contributed by atoms with E-state index in [9.17, 15) is 35.7 Å². The number of hydrogen-bond acceptors (Lipinski definition) is 14. The Morgan fingerprint density at radius 3 is 1.48 bits per heavy atom. The Morgan fingerprint density at radius 2 is 1.07 bits per heavy atom. The molecule has 14 nitrogen and oxygen atoms in total. The van der Waals surface area contributed by atoms with Gasteiger partial charge in [-0.25, -0.2) is 0 Å². The lowest BCUT2D eigenvalue weighted by molar-refractivity contribution is -0.304. The topological polar surface area (TPSA) is 206 Å². The summed E-state index contributed by atoms with van der Waals surface area (Å²) >= 11 is 0. The molecule has 2 saturated heterocycles. The first-order valence-corrected chi connectivity index (χ1v) is 13.2. The maximum absolute atomic E-state index is 10.6. The predicted octanol–water partition coefficient (Wildman–Crippen LogP) is -0.0140. The zero-order chi connectivity index (χ0) is 30.7. The number of ether oxygens (including phenoxy) is 7. The molecule has 234 valence electrons. The maximum Gasteiger partial charge on any atom is 0.200 e. The van der Waals surface area contributed by atoms with Crippen LogP contribution in [0.4, 0.5) is 0 Å². The molecule has 0 radical (unpaired) electrons. The first kappa shape index (κ1) is 31.8. The molecule has 7 N–H and O–H groups in total. The summed E-state index contributed by atoms with van der Waals surface area (Å²) in [4.78, 5) is 0. The maximum atomic E-state index is 10.6. The normalized spacial score (nSPS) is 31.1. The molecule has 2 aromatic carbocycles. The van der Waals surface area contributed by atoms with Gasteiger partial charge in [-0.2, -0.15) is 0 Å². The smallest absolute Gasteiger partial charge is 0.200 e. The summed E-state index contributed by atoms with van der Waals surface area (Å²) in [5.41, 5.74) is 1.01. The zero-order valence-corrected chi connectivity index (χ0v) is 23.6. The average molecular weight is 599 g/mol. The van der Waals surface area contributed by atoms with Gasteiger partial charge in [0.25, 0.3) is 0 Å². The fraction of sp³-hybridized carbons (Fsp3) is 0.571. The Hall–Kier alpha value is -3.08. The van der Waals surface area contributed by atoms with Crippen molar-refractivity contribution in [3.63, 3.8) is 0 Å². The van der Waals surface area contributed by atoms with Gasteiger partial charge in [-0.1, -0.05) is 0 Å². The van der Waals surface area contributed by atoms with Crippen molar-refractivity contribution >= 4 is 0 Å². The van der Waals surface area contributed by atoms with Gasteiger partial charge < -0.3 is 68.9 Å². The fourth-order valence-electron chi connectivity index (χ4n) is 5.47. The van der Waals surface area contributed by atoms with Gasteiger partial charge in [0.2, 0.25) is 11.5 Å². The standard InChI is InChI=1S/C28H38O14/c1-36-16-5-12(6-17(37-2)21(16)31)26-14(9-29)15(11-40-28-25(35)24(34)23(33)20(10-30)41-28)27(42-26)13-7-18(38-3)22(32)19(8-13)39-4/h5-8,14-15,20,23-35H,9-11H2,1-4H3/t14?,15?,20-,23-,24+,25-,26?,27?,28-/m1/s1. The third-order valence-electron chi connectivity index (χ3n) is 7.79. The second kappa shape index (κ2) is 13.5. The van der Waals surface area contributed by atoms with Crippen LogP contribution in [0.3, 0.4) is 0 Å². The molecular weight excluding hydrogens is 560 g/mol. The van der Waals surface area contributed by atoms with Crippen LogP contribution in [-0.2, 0) is 14.2 Å². The highest BCUT2D eigenvalue weighted by Gasteiger charge is 2.49. The Balaban J connectivity index is 1.74. The van der Waals surface area contributed by atoms with E-state index in [0.29, 0.717) is 11.1 Å². The van der Waals surface area contributed by atoms with Crippen LogP contribution in [-0.4, -0.2) is 115 Å². The molecule has 0 bridgehead atoms. The summed E-state index contributed by atoms with van der Waals surface area (Å²) in [7, 11) is 5.52. The minimum absolute atomic E-state index is 0.110. The zero-order valence-electron chi connectivity index (χ0n) is 23.6.